The topological polar surface area (TPSA) is 50.4 Å². The van der Waals surface area contributed by atoms with E-state index in [1.165, 1.54) is 6.20 Å². The molecule has 70 valence electrons. The van der Waals surface area contributed by atoms with Crippen LogP contribution in [0, 0.1) is 0 Å². The van der Waals surface area contributed by atoms with Gasteiger partial charge >= 0.3 is 0 Å². The van der Waals surface area contributed by atoms with E-state index in [-0.39, 0.29) is 5.62 Å². The quantitative estimate of drug-likeness (QED) is 0.685. The maximum absolute atomic E-state index is 9.33. The lowest BCUT2D eigenvalue weighted by Crippen LogP contribution is -2.20. The van der Waals surface area contributed by atoms with Crippen molar-refractivity contribution in [3.8, 4) is 0 Å². The zero-order chi connectivity index (χ0) is 9.80. The second-order valence-electron chi connectivity index (χ2n) is 2.71. The van der Waals surface area contributed by atoms with Gasteiger partial charge in [-0.2, -0.15) is 4.73 Å². The summed E-state index contributed by atoms with van der Waals surface area (Å²) in [5.41, 5.74) is 1.02. The van der Waals surface area contributed by atoms with Crippen LogP contribution in [0.25, 0.3) is 0 Å². The highest BCUT2D eigenvalue weighted by Gasteiger charge is 1.89. The van der Waals surface area contributed by atoms with Crippen molar-refractivity contribution in [1.29, 1.82) is 0 Å². The first-order chi connectivity index (χ1) is 6.86. The maximum atomic E-state index is 9.33. The molecule has 1 heterocycles. The standard InChI is InChI=1S/C10H9N3O/c14-13-8-4-7-11-10(13)12-9-5-2-1-3-6-9/h1-8,14H. The van der Waals surface area contributed by atoms with E-state index in [9.17, 15) is 5.21 Å². The molecule has 0 spiro atoms. The van der Waals surface area contributed by atoms with Crippen LogP contribution < -0.4 is 5.62 Å². The molecular formula is C10H9N3O. The average molecular weight is 187 g/mol. The molecule has 4 nitrogen and oxygen atoms in total. The Hall–Kier alpha value is -2.10. The lowest BCUT2D eigenvalue weighted by atomic mass is 10.3. The Bertz CT molecular complexity index is 476. The average Bonchev–Trinajstić information content (AvgIpc) is 2.23. The second kappa shape index (κ2) is 3.74. The van der Waals surface area contributed by atoms with Gasteiger partial charge in [-0.15, -0.1) is 0 Å². The van der Waals surface area contributed by atoms with Crippen LogP contribution in [0.2, 0.25) is 0 Å². The molecule has 4 heteroatoms. The number of hydrogen-bond acceptors (Lipinski definition) is 3. The van der Waals surface area contributed by atoms with Gasteiger partial charge in [0.1, 0.15) is 0 Å². The van der Waals surface area contributed by atoms with Gasteiger partial charge < -0.3 is 5.21 Å². The van der Waals surface area contributed by atoms with Gasteiger partial charge in [0.05, 0.1) is 5.69 Å². The lowest BCUT2D eigenvalue weighted by molar-refractivity contribution is 0.167. The number of aromatic nitrogens is 2. The summed E-state index contributed by atoms with van der Waals surface area (Å²) in [5, 5.41) is 9.33. The lowest BCUT2D eigenvalue weighted by Gasteiger charge is -1.95. The van der Waals surface area contributed by atoms with Crippen LogP contribution in [-0.2, 0) is 0 Å². The molecular weight excluding hydrogens is 178 g/mol. The van der Waals surface area contributed by atoms with Crippen molar-refractivity contribution in [3.05, 3.63) is 54.4 Å². The van der Waals surface area contributed by atoms with E-state index in [1.807, 2.05) is 30.3 Å². The maximum Gasteiger partial charge on any atom is 0.263 e. The molecule has 0 bridgehead atoms. The molecule has 0 unspecified atom stereocenters. The highest BCUT2D eigenvalue weighted by atomic mass is 16.5. The Labute approximate surface area is 80.8 Å². The number of rotatable bonds is 1. The first-order valence-electron chi connectivity index (χ1n) is 4.19. The monoisotopic (exact) mass is 187 g/mol. The van der Waals surface area contributed by atoms with Crippen molar-refractivity contribution >= 4 is 5.69 Å². The second-order valence-corrected chi connectivity index (χ2v) is 2.71. The summed E-state index contributed by atoms with van der Waals surface area (Å²) in [4.78, 5) is 8.06. The minimum atomic E-state index is 0.263. The van der Waals surface area contributed by atoms with E-state index in [2.05, 4.69) is 9.98 Å². The first kappa shape index (κ1) is 8.50. The fourth-order valence-electron chi connectivity index (χ4n) is 1.05. The highest BCUT2D eigenvalue weighted by molar-refractivity contribution is 5.35. The zero-order valence-electron chi connectivity index (χ0n) is 7.41. The summed E-state index contributed by atoms with van der Waals surface area (Å²) in [7, 11) is 0. The van der Waals surface area contributed by atoms with Gasteiger partial charge in [-0.3, -0.25) is 0 Å². The van der Waals surface area contributed by atoms with Crippen molar-refractivity contribution in [2.24, 2.45) is 4.99 Å². The van der Waals surface area contributed by atoms with E-state index in [4.69, 9.17) is 0 Å². The normalized spacial score (nSPS) is 11.6. The largest absolute Gasteiger partial charge is 0.425 e. The molecule has 0 saturated heterocycles. The Balaban J connectivity index is 2.51. The summed E-state index contributed by atoms with van der Waals surface area (Å²) in [5.74, 6) is 0. The van der Waals surface area contributed by atoms with E-state index >= 15 is 0 Å². The van der Waals surface area contributed by atoms with Gasteiger partial charge in [0.15, 0.2) is 0 Å². The third-order valence-corrected chi connectivity index (χ3v) is 1.69. The molecule has 2 aromatic rings. The molecule has 0 aliphatic rings. The molecule has 1 aromatic carbocycles. The molecule has 0 aliphatic carbocycles. The van der Waals surface area contributed by atoms with E-state index in [0.717, 1.165) is 10.4 Å². The predicted octanol–water partition coefficient (Wildman–Crippen LogP) is 1.35. The molecule has 0 saturated carbocycles. The SMILES string of the molecule is On1cccnc1=Nc1ccccc1. The van der Waals surface area contributed by atoms with Crippen molar-refractivity contribution in [2.75, 3.05) is 0 Å². The first-order valence-corrected chi connectivity index (χ1v) is 4.19. The van der Waals surface area contributed by atoms with E-state index < -0.39 is 0 Å². The third-order valence-electron chi connectivity index (χ3n) is 1.69. The summed E-state index contributed by atoms with van der Waals surface area (Å²) in [6.07, 6.45) is 3.06. The van der Waals surface area contributed by atoms with E-state index in [1.54, 1.807) is 12.3 Å². The zero-order valence-corrected chi connectivity index (χ0v) is 7.41. The molecule has 1 N–H and O–H groups in total. The van der Waals surface area contributed by atoms with Gasteiger partial charge in [-0.25, -0.2) is 9.98 Å². The van der Waals surface area contributed by atoms with Crippen LogP contribution in [0.5, 0.6) is 0 Å². The van der Waals surface area contributed by atoms with Crippen molar-refractivity contribution < 1.29 is 5.21 Å². The molecule has 0 aliphatic heterocycles. The van der Waals surface area contributed by atoms with Gasteiger partial charge in [-0.1, -0.05) is 18.2 Å². The van der Waals surface area contributed by atoms with Gasteiger partial charge in [-0.05, 0) is 18.2 Å². The van der Waals surface area contributed by atoms with Gasteiger partial charge in [0, 0.05) is 12.4 Å². The van der Waals surface area contributed by atoms with Crippen molar-refractivity contribution in [2.45, 2.75) is 0 Å². The van der Waals surface area contributed by atoms with Gasteiger partial charge in [0.2, 0.25) is 0 Å². The molecule has 1 aromatic heterocycles. The molecule has 0 fully saturated rings. The Morgan fingerprint density at radius 2 is 1.93 bits per heavy atom. The molecule has 2 rings (SSSR count). The summed E-state index contributed by atoms with van der Waals surface area (Å²) < 4.78 is 0.882. The van der Waals surface area contributed by atoms with Crippen molar-refractivity contribution in [1.82, 2.24) is 9.71 Å². The number of hydrogen-bond donors (Lipinski definition) is 1. The molecule has 0 amide bonds. The number of benzene rings is 1. The number of nitrogens with zero attached hydrogens (tertiary/aromatic N) is 3. The van der Waals surface area contributed by atoms with Crippen LogP contribution in [0.4, 0.5) is 5.69 Å². The predicted molar refractivity (Wildman–Crippen MR) is 51.1 cm³/mol. The smallest absolute Gasteiger partial charge is 0.263 e. The molecule has 0 atom stereocenters. The number of para-hydroxylation sites is 1. The summed E-state index contributed by atoms with van der Waals surface area (Å²) >= 11 is 0. The van der Waals surface area contributed by atoms with Gasteiger partial charge in [0.25, 0.3) is 5.62 Å². The Kier molecular flexibility index (Phi) is 2.27. The molecule has 14 heavy (non-hydrogen) atoms. The van der Waals surface area contributed by atoms with E-state index in [0.29, 0.717) is 0 Å². The van der Waals surface area contributed by atoms with Crippen LogP contribution in [0.15, 0.2) is 53.8 Å². The minimum absolute atomic E-state index is 0.263. The van der Waals surface area contributed by atoms with Crippen LogP contribution >= 0.6 is 0 Å². The van der Waals surface area contributed by atoms with Crippen LogP contribution in [-0.4, -0.2) is 14.9 Å². The minimum Gasteiger partial charge on any atom is -0.425 e. The third kappa shape index (κ3) is 1.80. The highest BCUT2D eigenvalue weighted by Crippen LogP contribution is 2.07. The fourth-order valence-corrected chi connectivity index (χ4v) is 1.05. The van der Waals surface area contributed by atoms with Crippen molar-refractivity contribution in [3.63, 3.8) is 0 Å². The summed E-state index contributed by atoms with van der Waals surface area (Å²) in [6, 6.07) is 11.0. The Morgan fingerprint density at radius 3 is 2.64 bits per heavy atom. The Morgan fingerprint density at radius 1 is 1.14 bits per heavy atom. The fraction of sp³-hybridized carbons (Fsp3) is 0. The van der Waals surface area contributed by atoms with Crippen LogP contribution in [0.3, 0.4) is 0 Å². The summed E-state index contributed by atoms with van der Waals surface area (Å²) in [6.45, 7) is 0. The van der Waals surface area contributed by atoms with Crippen LogP contribution in [0.1, 0.15) is 0 Å². The molecule has 0 radical (unpaired) electrons.